The SMILES string of the molecule is Brc1ccc2c3c(cncc13)CCN2C1CCC2(CC1)OCCO2. The fourth-order valence-corrected chi connectivity index (χ4v) is 5.05. The van der Waals surface area contributed by atoms with Gasteiger partial charge in [-0.1, -0.05) is 15.9 Å². The van der Waals surface area contributed by atoms with Crippen LogP contribution in [0.1, 0.15) is 31.2 Å². The van der Waals surface area contributed by atoms with Crippen molar-refractivity contribution in [2.75, 3.05) is 24.7 Å². The van der Waals surface area contributed by atoms with Crippen LogP contribution in [0.25, 0.3) is 10.8 Å². The van der Waals surface area contributed by atoms with E-state index in [0.29, 0.717) is 6.04 Å². The summed E-state index contributed by atoms with van der Waals surface area (Å²) in [6.45, 7) is 2.58. The molecule has 5 rings (SSSR count). The second-order valence-electron chi connectivity index (χ2n) is 7.07. The molecular weight excluding hydrogens is 368 g/mol. The molecular formula is C19H21BrN2O2. The zero-order valence-electron chi connectivity index (χ0n) is 13.6. The number of rotatable bonds is 1. The van der Waals surface area contributed by atoms with Crippen molar-refractivity contribution < 1.29 is 9.47 Å². The lowest BCUT2D eigenvalue weighted by atomic mass is 9.87. The van der Waals surface area contributed by atoms with E-state index in [1.807, 2.05) is 12.4 Å². The largest absolute Gasteiger partial charge is 0.368 e. The van der Waals surface area contributed by atoms with Gasteiger partial charge in [-0.05, 0) is 37.0 Å². The van der Waals surface area contributed by atoms with E-state index in [0.717, 1.165) is 56.3 Å². The van der Waals surface area contributed by atoms with Crippen molar-refractivity contribution in [3.8, 4) is 0 Å². The molecule has 2 fully saturated rings. The first-order chi connectivity index (χ1) is 11.8. The molecule has 1 spiro atoms. The van der Waals surface area contributed by atoms with Gasteiger partial charge in [-0.25, -0.2) is 0 Å². The van der Waals surface area contributed by atoms with Crippen molar-refractivity contribution in [1.82, 2.24) is 4.98 Å². The molecule has 3 aliphatic rings. The first kappa shape index (κ1) is 15.1. The fraction of sp³-hybridized carbons (Fsp3) is 0.526. The van der Waals surface area contributed by atoms with Crippen LogP contribution in [0.5, 0.6) is 0 Å². The number of anilines is 1. The molecule has 3 heterocycles. The Morgan fingerprint density at radius 2 is 1.92 bits per heavy atom. The molecule has 0 radical (unpaired) electrons. The van der Waals surface area contributed by atoms with Crippen LogP contribution in [0.2, 0.25) is 0 Å². The van der Waals surface area contributed by atoms with Crippen molar-refractivity contribution >= 4 is 32.4 Å². The molecule has 5 heteroatoms. The molecule has 1 saturated heterocycles. The average molecular weight is 389 g/mol. The first-order valence-corrected chi connectivity index (χ1v) is 9.65. The number of hydrogen-bond acceptors (Lipinski definition) is 4. The highest BCUT2D eigenvalue weighted by Gasteiger charge is 2.42. The molecule has 2 aromatic rings. The fourth-order valence-electron chi connectivity index (χ4n) is 4.62. The number of ether oxygens (including phenoxy) is 2. The zero-order valence-corrected chi connectivity index (χ0v) is 15.2. The number of benzene rings is 1. The van der Waals surface area contributed by atoms with Crippen LogP contribution in [0, 0.1) is 0 Å². The van der Waals surface area contributed by atoms with Gasteiger partial charge < -0.3 is 14.4 Å². The van der Waals surface area contributed by atoms with E-state index in [1.54, 1.807) is 0 Å². The van der Waals surface area contributed by atoms with E-state index in [2.05, 4.69) is 37.9 Å². The maximum absolute atomic E-state index is 5.89. The van der Waals surface area contributed by atoms with Gasteiger partial charge in [-0.15, -0.1) is 0 Å². The Morgan fingerprint density at radius 3 is 2.71 bits per heavy atom. The summed E-state index contributed by atoms with van der Waals surface area (Å²) in [7, 11) is 0. The van der Waals surface area contributed by atoms with Gasteiger partial charge in [0, 0.05) is 58.8 Å². The van der Waals surface area contributed by atoms with Gasteiger partial charge in [-0.2, -0.15) is 0 Å². The molecule has 2 aliphatic heterocycles. The minimum atomic E-state index is -0.275. The predicted molar refractivity (Wildman–Crippen MR) is 97.4 cm³/mol. The quantitative estimate of drug-likeness (QED) is 0.737. The van der Waals surface area contributed by atoms with Crippen molar-refractivity contribution in [2.24, 2.45) is 0 Å². The number of halogens is 1. The monoisotopic (exact) mass is 388 g/mol. The van der Waals surface area contributed by atoms with Crippen LogP contribution >= 0.6 is 15.9 Å². The van der Waals surface area contributed by atoms with Gasteiger partial charge in [0.1, 0.15) is 0 Å². The highest BCUT2D eigenvalue weighted by Crippen LogP contribution is 2.42. The van der Waals surface area contributed by atoms with Gasteiger partial charge in [0.2, 0.25) is 0 Å². The summed E-state index contributed by atoms with van der Waals surface area (Å²) in [4.78, 5) is 7.04. The zero-order chi connectivity index (χ0) is 16.1. The Bertz CT molecular complexity index is 778. The molecule has 0 N–H and O–H groups in total. The smallest absolute Gasteiger partial charge is 0.168 e. The van der Waals surface area contributed by atoms with Crippen LogP contribution < -0.4 is 4.90 Å². The molecule has 1 aromatic heterocycles. The normalized spacial score (nSPS) is 23.3. The molecule has 0 unspecified atom stereocenters. The predicted octanol–water partition coefficient (Wildman–Crippen LogP) is 4.05. The van der Waals surface area contributed by atoms with Gasteiger partial charge in [0.05, 0.1) is 13.2 Å². The maximum Gasteiger partial charge on any atom is 0.168 e. The first-order valence-electron chi connectivity index (χ1n) is 8.85. The molecule has 0 amide bonds. The molecule has 0 bridgehead atoms. The Balaban J connectivity index is 1.48. The van der Waals surface area contributed by atoms with E-state index in [4.69, 9.17) is 9.47 Å². The molecule has 4 nitrogen and oxygen atoms in total. The van der Waals surface area contributed by atoms with Crippen molar-refractivity contribution in [2.45, 2.75) is 43.9 Å². The van der Waals surface area contributed by atoms with Gasteiger partial charge in [0.25, 0.3) is 0 Å². The summed E-state index contributed by atoms with van der Waals surface area (Å²) in [5.74, 6) is -0.275. The Labute approximate surface area is 150 Å². The summed E-state index contributed by atoms with van der Waals surface area (Å²) >= 11 is 3.68. The van der Waals surface area contributed by atoms with Gasteiger partial charge in [0.15, 0.2) is 5.79 Å². The minimum absolute atomic E-state index is 0.275. The summed E-state index contributed by atoms with van der Waals surface area (Å²) in [5, 5.41) is 2.60. The van der Waals surface area contributed by atoms with Crippen molar-refractivity contribution in [3.63, 3.8) is 0 Å². The van der Waals surface area contributed by atoms with E-state index >= 15 is 0 Å². The Hall–Kier alpha value is -1.17. The number of nitrogens with zero attached hydrogens (tertiary/aromatic N) is 2. The topological polar surface area (TPSA) is 34.6 Å². The van der Waals surface area contributed by atoms with Crippen LogP contribution in [0.3, 0.4) is 0 Å². The molecule has 1 saturated carbocycles. The highest BCUT2D eigenvalue weighted by atomic mass is 79.9. The summed E-state index contributed by atoms with van der Waals surface area (Å²) in [6, 6.07) is 5.01. The maximum atomic E-state index is 5.89. The van der Waals surface area contributed by atoms with Gasteiger partial charge in [-0.3, -0.25) is 4.98 Å². The van der Waals surface area contributed by atoms with Crippen LogP contribution in [0.15, 0.2) is 29.0 Å². The third kappa shape index (κ3) is 2.29. The third-order valence-corrected chi connectivity index (χ3v) is 6.52. The summed E-state index contributed by atoms with van der Waals surface area (Å²) in [6.07, 6.45) is 9.38. The number of hydrogen-bond donors (Lipinski definition) is 0. The number of aromatic nitrogens is 1. The lowest BCUT2D eigenvalue weighted by Gasteiger charge is -2.43. The van der Waals surface area contributed by atoms with Crippen LogP contribution in [0.4, 0.5) is 5.69 Å². The molecule has 24 heavy (non-hydrogen) atoms. The second kappa shape index (κ2) is 5.68. The summed E-state index contributed by atoms with van der Waals surface area (Å²) in [5.41, 5.74) is 2.74. The minimum Gasteiger partial charge on any atom is -0.368 e. The number of pyridine rings is 1. The standard InChI is InChI=1S/C19H21BrN2O2/c20-16-1-2-17-18-13(11-21-12-15(16)18)5-8-22(17)14-3-6-19(7-4-14)23-9-10-24-19/h1-2,11-12,14H,3-10H2. The molecule has 126 valence electrons. The molecule has 1 aromatic carbocycles. The van der Waals surface area contributed by atoms with Crippen LogP contribution in [-0.4, -0.2) is 36.6 Å². The van der Waals surface area contributed by atoms with Crippen molar-refractivity contribution in [3.05, 3.63) is 34.6 Å². The highest BCUT2D eigenvalue weighted by molar-refractivity contribution is 9.10. The average Bonchev–Trinajstić information content (AvgIpc) is 3.07. The van der Waals surface area contributed by atoms with E-state index in [9.17, 15) is 0 Å². The van der Waals surface area contributed by atoms with E-state index in [1.165, 1.54) is 22.0 Å². The molecule has 1 aliphatic carbocycles. The molecule has 0 atom stereocenters. The Kier molecular flexibility index (Phi) is 3.58. The van der Waals surface area contributed by atoms with E-state index < -0.39 is 0 Å². The lowest BCUT2D eigenvalue weighted by molar-refractivity contribution is -0.178. The summed E-state index contributed by atoms with van der Waals surface area (Å²) < 4.78 is 12.9. The Morgan fingerprint density at radius 1 is 1.12 bits per heavy atom. The van der Waals surface area contributed by atoms with Crippen molar-refractivity contribution in [1.29, 1.82) is 0 Å². The van der Waals surface area contributed by atoms with Gasteiger partial charge >= 0.3 is 0 Å². The third-order valence-electron chi connectivity index (χ3n) is 5.83. The van der Waals surface area contributed by atoms with E-state index in [-0.39, 0.29) is 5.79 Å². The lowest BCUT2D eigenvalue weighted by Crippen LogP contribution is -2.46. The van der Waals surface area contributed by atoms with Crippen LogP contribution in [-0.2, 0) is 15.9 Å². The second-order valence-corrected chi connectivity index (χ2v) is 7.92.